The highest BCUT2D eigenvalue weighted by Gasteiger charge is 2.43. The van der Waals surface area contributed by atoms with Gasteiger partial charge in [0.15, 0.2) is 9.84 Å². The molecule has 1 heterocycles. The summed E-state index contributed by atoms with van der Waals surface area (Å²) < 4.78 is 31.8. The van der Waals surface area contributed by atoms with Gasteiger partial charge in [0.25, 0.3) is 0 Å². The van der Waals surface area contributed by atoms with E-state index < -0.39 is 20.7 Å². The number of rotatable bonds is 1. The van der Waals surface area contributed by atoms with E-state index in [0.717, 1.165) is 0 Å². The molecular formula is C8H12I2O3S. The second-order valence-electron chi connectivity index (χ2n) is 3.62. The maximum absolute atomic E-state index is 12.0. The summed E-state index contributed by atoms with van der Waals surface area (Å²) in [6, 6.07) is 0. The van der Waals surface area contributed by atoms with Gasteiger partial charge < -0.3 is 4.74 Å². The Morgan fingerprint density at radius 1 is 1.64 bits per heavy atom. The van der Waals surface area contributed by atoms with Gasteiger partial charge in [0.05, 0.1) is 22.4 Å². The zero-order valence-electron chi connectivity index (χ0n) is 7.96. The van der Waals surface area contributed by atoms with E-state index in [4.69, 9.17) is 4.74 Å². The molecule has 0 aromatic heterocycles. The number of alkyl halides is 1. The molecule has 6 heteroatoms. The van der Waals surface area contributed by atoms with Gasteiger partial charge in [-0.1, -0.05) is 45.2 Å². The molecule has 0 saturated carbocycles. The van der Waals surface area contributed by atoms with Gasteiger partial charge in [-0.15, -0.1) is 0 Å². The molecule has 0 bridgehead atoms. The molecule has 0 N–H and O–H groups in total. The standard InChI is InChI=1S/C8H12I2O3S/c1-8(2)7(4-10)14(11,12)6(3-9)5-13-8/h4,6H,3,5H2,1-2H3/b7-4+. The van der Waals surface area contributed by atoms with E-state index >= 15 is 0 Å². The number of hydrogen-bond donors (Lipinski definition) is 0. The summed E-state index contributed by atoms with van der Waals surface area (Å²) in [4.78, 5) is 0.401. The van der Waals surface area contributed by atoms with Crippen LogP contribution in [-0.4, -0.2) is 30.3 Å². The molecule has 1 fully saturated rings. The van der Waals surface area contributed by atoms with Crippen molar-refractivity contribution in [3.05, 3.63) is 8.99 Å². The van der Waals surface area contributed by atoms with Gasteiger partial charge in [0.1, 0.15) is 0 Å². The molecule has 0 amide bonds. The van der Waals surface area contributed by atoms with Gasteiger partial charge in [-0.05, 0) is 17.9 Å². The lowest BCUT2D eigenvalue weighted by molar-refractivity contribution is 0.0114. The summed E-state index contributed by atoms with van der Waals surface area (Å²) in [5.41, 5.74) is -0.678. The summed E-state index contributed by atoms with van der Waals surface area (Å²) in [6.45, 7) is 3.88. The fourth-order valence-electron chi connectivity index (χ4n) is 1.31. The predicted octanol–water partition coefficient (Wildman–Crippen LogP) is 2.29. The first-order valence-corrected chi connectivity index (χ1v) is 8.42. The van der Waals surface area contributed by atoms with Crippen molar-refractivity contribution in [3.8, 4) is 0 Å². The van der Waals surface area contributed by atoms with Crippen molar-refractivity contribution < 1.29 is 13.2 Å². The van der Waals surface area contributed by atoms with Crippen molar-refractivity contribution in [3.63, 3.8) is 0 Å². The zero-order chi connectivity index (χ0) is 11.0. The Balaban J connectivity index is 3.19. The molecule has 0 aromatic carbocycles. The van der Waals surface area contributed by atoms with Crippen LogP contribution in [0.15, 0.2) is 8.99 Å². The van der Waals surface area contributed by atoms with E-state index in [0.29, 0.717) is 15.9 Å². The number of halogens is 2. The van der Waals surface area contributed by atoms with Crippen LogP contribution in [0, 0.1) is 0 Å². The van der Waals surface area contributed by atoms with Gasteiger partial charge >= 0.3 is 0 Å². The van der Waals surface area contributed by atoms with Gasteiger partial charge in [-0.3, -0.25) is 0 Å². The maximum Gasteiger partial charge on any atom is 0.183 e. The quantitative estimate of drug-likeness (QED) is 0.463. The van der Waals surface area contributed by atoms with E-state index in [9.17, 15) is 8.42 Å². The Hall–Kier alpha value is 1.11. The first kappa shape index (κ1) is 13.2. The van der Waals surface area contributed by atoms with Crippen LogP contribution in [0.25, 0.3) is 0 Å². The highest BCUT2D eigenvalue weighted by Crippen LogP contribution is 2.35. The van der Waals surface area contributed by atoms with E-state index in [1.165, 1.54) is 0 Å². The summed E-state index contributed by atoms with van der Waals surface area (Å²) in [5, 5.41) is -0.392. The molecular weight excluding hydrogens is 430 g/mol. The summed E-state index contributed by atoms with van der Waals surface area (Å²) in [7, 11) is -3.15. The van der Waals surface area contributed by atoms with Gasteiger partial charge in [0, 0.05) is 4.43 Å². The van der Waals surface area contributed by atoms with Crippen LogP contribution in [0.2, 0.25) is 0 Å². The Kier molecular flexibility index (Phi) is 4.27. The van der Waals surface area contributed by atoms with Crippen LogP contribution in [0.4, 0.5) is 0 Å². The first-order valence-electron chi connectivity index (χ1n) is 4.11. The maximum atomic E-state index is 12.0. The predicted molar refractivity (Wildman–Crippen MR) is 73.7 cm³/mol. The van der Waals surface area contributed by atoms with Crippen LogP contribution in [0.3, 0.4) is 0 Å². The van der Waals surface area contributed by atoms with Crippen LogP contribution in [-0.2, 0) is 14.6 Å². The fourth-order valence-corrected chi connectivity index (χ4v) is 6.43. The first-order chi connectivity index (χ1) is 6.36. The number of sulfone groups is 1. The number of ether oxygens (including phenoxy) is 1. The van der Waals surface area contributed by atoms with Gasteiger partial charge in [-0.25, -0.2) is 8.42 Å². The normalized spacial score (nSPS) is 33.1. The van der Waals surface area contributed by atoms with E-state index in [-0.39, 0.29) is 0 Å². The summed E-state index contributed by atoms with van der Waals surface area (Å²) in [6.07, 6.45) is 0. The van der Waals surface area contributed by atoms with Crippen LogP contribution >= 0.6 is 45.2 Å². The molecule has 3 nitrogen and oxygen atoms in total. The molecule has 82 valence electrons. The highest BCUT2D eigenvalue weighted by molar-refractivity contribution is 14.1. The molecule has 1 aliphatic heterocycles. The number of hydrogen-bond acceptors (Lipinski definition) is 3. The van der Waals surface area contributed by atoms with E-state index in [2.05, 4.69) is 22.6 Å². The molecule has 1 atom stereocenters. The SMILES string of the molecule is CC1(C)OCC(CI)S(=O)(=O)/C1=C/I. The second kappa shape index (κ2) is 4.54. The van der Waals surface area contributed by atoms with Crippen LogP contribution in [0.5, 0.6) is 0 Å². The molecule has 0 aromatic rings. The topological polar surface area (TPSA) is 43.4 Å². The lowest BCUT2D eigenvalue weighted by atomic mass is 10.1. The molecule has 0 aliphatic carbocycles. The Labute approximate surface area is 112 Å². The third kappa shape index (κ3) is 2.27. The monoisotopic (exact) mass is 442 g/mol. The summed E-state index contributed by atoms with van der Waals surface area (Å²) in [5.74, 6) is 0. The van der Waals surface area contributed by atoms with Crippen molar-refractivity contribution in [2.75, 3.05) is 11.0 Å². The van der Waals surface area contributed by atoms with Crippen LogP contribution in [0.1, 0.15) is 13.8 Å². The van der Waals surface area contributed by atoms with Crippen molar-refractivity contribution in [2.24, 2.45) is 0 Å². The van der Waals surface area contributed by atoms with Crippen LogP contribution < -0.4 is 0 Å². The molecule has 14 heavy (non-hydrogen) atoms. The fraction of sp³-hybridized carbons (Fsp3) is 0.750. The van der Waals surface area contributed by atoms with Crippen molar-refractivity contribution in [1.82, 2.24) is 0 Å². The highest BCUT2D eigenvalue weighted by atomic mass is 127. The Morgan fingerprint density at radius 3 is 2.64 bits per heavy atom. The average Bonchev–Trinajstić information content (AvgIpc) is 2.02. The molecule has 1 aliphatic rings. The lowest BCUT2D eigenvalue weighted by Crippen LogP contribution is -2.46. The van der Waals surface area contributed by atoms with Gasteiger partial charge in [0.2, 0.25) is 0 Å². The second-order valence-corrected chi connectivity index (χ2v) is 7.32. The van der Waals surface area contributed by atoms with Crippen molar-refractivity contribution in [2.45, 2.75) is 24.7 Å². The molecule has 1 unspecified atom stereocenters. The van der Waals surface area contributed by atoms with Gasteiger partial charge in [-0.2, -0.15) is 0 Å². The van der Waals surface area contributed by atoms with Crippen molar-refractivity contribution >= 4 is 55.0 Å². The average molecular weight is 442 g/mol. The molecule has 0 spiro atoms. The third-order valence-corrected chi connectivity index (χ3v) is 7.35. The Bertz CT molecular complexity index is 346. The lowest BCUT2D eigenvalue weighted by Gasteiger charge is -2.36. The van der Waals surface area contributed by atoms with E-state index in [1.54, 1.807) is 17.9 Å². The largest absolute Gasteiger partial charge is 0.369 e. The minimum absolute atomic E-state index is 0.298. The molecule has 1 rings (SSSR count). The minimum atomic E-state index is -3.15. The summed E-state index contributed by atoms with van der Waals surface area (Å²) >= 11 is 4.04. The molecule has 1 saturated heterocycles. The smallest absolute Gasteiger partial charge is 0.183 e. The van der Waals surface area contributed by atoms with E-state index in [1.807, 2.05) is 22.6 Å². The Morgan fingerprint density at radius 2 is 2.21 bits per heavy atom. The zero-order valence-corrected chi connectivity index (χ0v) is 13.1. The minimum Gasteiger partial charge on any atom is -0.369 e. The molecule has 0 radical (unpaired) electrons. The van der Waals surface area contributed by atoms with Crippen molar-refractivity contribution in [1.29, 1.82) is 0 Å². The third-order valence-electron chi connectivity index (χ3n) is 2.24.